The molecule has 1 amide bonds. The summed E-state index contributed by atoms with van der Waals surface area (Å²) in [7, 11) is 0. The van der Waals surface area contributed by atoms with Crippen molar-refractivity contribution in [3.8, 4) is 0 Å². The fourth-order valence-corrected chi connectivity index (χ4v) is 0.745. The predicted octanol–water partition coefficient (Wildman–Crippen LogP) is 2.56. The van der Waals surface area contributed by atoms with Crippen LogP contribution in [0, 0.1) is 0 Å². The van der Waals surface area contributed by atoms with Crippen LogP contribution in [-0.2, 0) is 9.57 Å². The van der Waals surface area contributed by atoms with Crippen LogP contribution in [0.15, 0.2) is 18.4 Å². The molecular formula is C11H19NO3. The lowest BCUT2D eigenvalue weighted by Gasteiger charge is -2.20. The zero-order valence-corrected chi connectivity index (χ0v) is 9.79. The SMILES string of the molecule is C=C=CC[C@H](C)ONC(=O)OC(C)(C)C. The molecular weight excluding hydrogens is 194 g/mol. The van der Waals surface area contributed by atoms with Gasteiger partial charge in [0.05, 0.1) is 6.10 Å². The van der Waals surface area contributed by atoms with Crippen molar-refractivity contribution in [1.29, 1.82) is 0 Å². The van der Waals surface area contributed by atoms with E-state index < -0.39 is 11.7 Å². The minimum Gasteiger partial charge on any atom is -0.442 e. The number of hydrogen-bond acceptors (Lipinski definition) is 3. The third-order valence-corrected chi connectivity index (χ3v) is 1.34. The summed E-state index contributed by atoms with van der Waals surface area (Å²) >= 11 is 0. The van der Waals surface area contributed by atoms with Crippen LogP contribution in [0.25, 0.3) is 0 Å². The average Bonchev–Trinajstić information content (AvgIpc) is 2.08. The molecule has 0 aliphatic carbocycles. The molecule has 0 aliphatic heterocycles. The summed E-state index contributed by atoms with van der Waals surface area (Å²) in [5.74, 6) is 0. The topological polar surface area (TPSA) is 47.6 Å². The lowest BCUT2D eigenvalue weighted by Crippen LogP contribution is -2.34. The molecule has 1 atom stereocenters. The molecule has 1 N–H and O–H groups in total. The van der Waals surface area contributed by atoms with Gasteiger partial charge in [0.2, 0.25) is 0 Å². The van der Waals surface area contributed by atoms with E-state index >= 15 is 0 Å². The van der Waals surface area contributed by atoms with Crippen LogP contribution in [0.2, 0.25) is 0 Å². The molecule has 15 heavy (non-hydrogen) atoms. The number of hydrogen-bond donors (Lipinski definition) is 1. The Morgan fingerprint density at radius 1 is 1.60 bits per heavy atom. The van der Waals surface area contributed by atoms with Gasteiger partial charge in [0.15, 0.2) is 0 Å². The maximum atomic E-state index is 11.1. The molecule has 86 valence electrons. The van der Waals surface area contributed by atoms with Gasteiger partial charge in [-0.25, -0.2) is 4.79 Å². The Morgan fingerprint density at radius 2 is 2.20 bits per heavy atom. The van der Waals surface area contributed by atoms with E-state index in [0.717, 1.165) is 0 Å². The maximum absolute atomic E-state index is 11.1. The molecule has 0 fully saturated rings. The van der Waals surface area contributed by atoms with Crippen LogP contribution in [0.1, 0.15) is 34.1 Å². The van der Waals surface area contributed by atoms with Crippen molar-refractivity contribution in [1.82, 2.24) is 5.48 Å². The second kappa shape index (κ2) is 6.27. The van der Waals surface area contributed by atoms with Gasteiger partial charge in [0.1, 0.15) is 5.60 Å². The van der Waals surface area contributed by atoms with E-state index in [4.69, 9.17) is 9.57 Å². The summed E-state index contributed by atoms with van der Waals surface area (Å²) in [5.41, 5.74) is 4.33. The Morgan fingerprint density at radius 3 is 2.67 bits per heavy atom. The largest absolute Gasteiger partial charge is 0.442 e. The number of amides is 1. The Bertz CT molecular complexity index is 249. The fourth-order valence-electron chi connectivity index (χ4n) is 0.745. The van der Waals surface area contributed by atoms with Crippen molar-refractivity contribution in [3.05, 3.63) is 18.4 Å². The number of nitrogens with one attached hydrogen (secondary N) is 1. The van der Waals surface area contributed by atoms with Crippen LogP contribution in [0.3, 0.4) is 0 Å². The average molecular weight is 213 g/mol. The van der Waals surface area contributed by atoms with Crippen LogP contribution < -0.4 is 5.48 Å². The van der Waals surface area contributed by atoms with Crippen LogP contribution in [0.5, 0.6) is 0 Å². The number of rotatable bonds is 4. The molecule has 0 radical (unpaired) electrons. The third kappa shape index (κ3) is 9.06. The van der Waals surface area contributed by atoms with Gasteiger partial charge in [-0.05, 0) is 33.8 Å². The van der Waals surface area contributed by atoms with E-state index in [9.17, 15) is 4.79 Å². The summed E-state index contributed by atoms with van der Waals surface area (Å²) in [5, 5.41) is 0. The second-order valence-corrected chi connectivity index (χ2v) is 4.18. The third-order valence-electron chi connectivity index (χ3n) is 1.34. The highest BCUT2D eigenvalue weighted by atomic mass is 16.7. The first-order chi connectivity index (χ1) is 6.85. The molecule has 0 saturated heterocycles. The van der Waals surface area contributed by atoms with Crippen molar-refractivity contribution >= 4 is 6.09 Å². The summed E-state index contributed by atoms with van der Waals surface area (Å²) < 4.78 is 4.98. The molecule has 0 aromatic heterocycles. The Kier molecular flexibility index (Phi) is 5.75. The van der Waals surface area contributed by atoms with Gasteiger partial charge in [0.25, 0.3) is 0 Å². The molecule has 0 rings (SSSR count). The molecule has 0 aromatic rings. The maximum Gasteiger partial charge on any atom is 0.431 e. The van der Waals surface area contributed by atoms with Crippen molar-refractivity contribution in [2.45, 2.75) is 45.8 Å². The first-order valence-electron chi connectivity index (χ1n) is 4.84. The van der Waals surface area contributed by atoms with Gasteiger partial charge in [-0.2, -0.15) is 5.48 Å². The number of carbonyl (C=O) groups excluding carboxylic acids is 1. The fraction of sp³-hybridized carbons (Fsp3) is 0.636. The normalized spacial score (nSPS) is 12.5. The molecule has 4 heteroatoms. The Hall–Kier alpha value is -1.25. The van der Waals surface area contributed by atoms with Crippen molar-refractivity contribution in [3.63, 3.8) is 0 Å². The van der Waals surface area contributed by atoms with Crippen molar-refractivity contribution < 1.29 is 14.4 Å². The van der Waals surface area contributed by atoms with Gasteiger partial charge < -0.3 is 4.74 Å². The quantitative estimate of drug-likeness (QED) is 0.576. The van der Waals surface area contributed by atoms with Gasteiger partial charge in [0, 0.05) is 6.42 Å². The molecule has 4 nitrogen and oxygen atoms in total. The Labute approximate surface area is 90.9 Å². The number of hydroxylamine groups is 1. The van der Waals surface area contributed by atoms with Gasteiger partial charge >= 0.3 is 6.09 Å². The monoisotopic (exact) mass is 213 g/mol. The van der Waals surface area contributed by atoms with E-state index in [2.05, 4.69) is 17.8 Å². The summed E-state index contributed by atoms with van der Waals surface area (Å²) in [6.07, 6.45) is 1.66. The second-order valence-electron chi connectivity index (χ2n) is 4.18. The minimum atomic E-state index is -0.586. The molecule has 0 aliphatic rings. The molecule has 0 spiro atoms. The molecule has 0 saturated carbocycles. The molecule has 0 heterocycles. The number of ether oxygens (including phenoxy) is 1. The molecule has 0 unspecified atom stereocenters. The molecule has 0 bridgehead atoms. The minimum absolute atomic E-state index is 0.133. The van der Waals surface area contributed by atoms with Crippen molar-refractivity contribution in [2.75, 3.05) is 0 Å². The zero-order chi connectivity index (χ0) is 11.9. The van der Waals surface area contributed by atoms with Gasteiger partial charge in [-0.3, -0.25) is 4.84 Å². The first-order valence-corrected chi connectivity index (χ1v) is 4.84. The lowest BCUT2D eigenvalue weighted by molar-refractivity contribution is -0.0350. The van der Waals surface area contributed by atoms with E-state index in [1.807, 2.05) is 6.92 Å². The van der Waals surface area contributed by atoms with Crippen LogP contribution in [0.4, 0.5) is 4.79 Å². The summed E-state index contributed by atoms with van der Waals surface area (Å²) in [6.45, 7) is 10.6. The number of carbonyl (C=O) groups is 1. The summed E-state index contributed by atoms with van der Waals surface area (Å²) in [6, 6.07) is 0. The zero-order valence-electron chi connectivity index (χ0n) is 9.79. The Balaban J connectivity index is 3.76. The van der Waals surface area contributed by atoms with E-state index in [1.165, 1.54) is 0 Å². The van der Waals surface area contributed by atoms with E-state index in [0.29, 0.717) is 6.42 Å². The van der Waals surface area contributed by atoms with Crippen LogP contribution >= 0.6 is 0 Å². The van der Waals surface area contributed by atoms with Crippen molar-refractivity contribution in [2.24, 2.45) is 0 Å². The summed E-state index contributed by atoms with van der Waals surface area (Å²) in [4.78, 5) is 16.2. The van der Waals surface area contributed by atoms with E-state index in [1.54, 1.807) is 26.8 Å². The smallest absolute Gasteiger partial charge is 0.431 e. The predicted molar refractivity (Wildman–Crippen MR) is 58.2 cm³/mol. The van der Waals surface area contributed by atoms with Gasteiger partial charge in [-0.1, -0.05) is 6.58 Å². The lowest BCUT2D eigenvalue weighted by atomic mass is 10.2. The highest BCUT2D eigenvalue weighted by Gasteiger charge is 2.16. The van der Waals surface area contributed by atoms with Gasteiger partial charge in [-0.15, -0.1) is 5.73 Å². The van der Waals surface area contributed by atoms with Crippen LogP contribution in [-0.4, -0.2) is 17.8 Å². The highest BCUT2D eigenvalue weighted by Crippen LogP contribution is 2.06. The van der Waals surface area contributed by atoms with E-state index in [-0.39, 0.29) is 6.10 Å². The first kappa shape index (κ1) is 13.8. The standard InChI is InChI=1S/C11H19NO3/c1-6-7-8-9(2)15-12-10(13)14-11(3,4)5/h7,9H,1,8H2,2-5H3,(H,12,13)/t9-/m0/s1. The highest BCUT2D eigenvalue weighted by molar-refractivity contribution is 5.66. The molecule has 0 aromatic carbocycles.